The Balaban J connectivity index is 1.50. The predicted molar refractivity (Wildman–Crippen MR) is 123 cm³/mol. The number of para-hydroxylation sites is 1. The van der Waals surface area contributed by atoms with Gasteiger partial charge in [-0.05, 0) is 29.5 Å². The molecule has 1 heterocycles. The third kappa shape index (κ3) is 2.70. The Labute approximate surface area is 192 Å². The number of nitrogens with zero attached hydrogens (tertiary/aromatic N) is 2. The topological polar surface area (TPSA) is 68.2 Å². The van der Waals surface area contributed by atoms with Gasteiger partial charge >= 0.3 is 11.9 Å². The van der Waals surface area contributed by atoms with Gasteiger partial charge in [-0.1, -0.05) is 60.7 Å². The maximum absolute atomic E-state index is 12.8. The van der Waals surface area contributed by atoms with Crippen molar-refractivity contribution >= 4 is 23.3 Å². The highest BCUT2D eigenvalue weighted by molar-refractivity contribution is 6.08. The second kappa shape index (κ2) is 7.44. The van der Waals surface area contributed by atoms with E-state index in [1.165, 1.54) is 14.2 Å². The Hall–Kier alpha value is -3.67. The van der Waals surface area contributed by atoms with Crippen LogP contribution in [0.15, 0.2) is 89.1 Å². The highest BCUT2D eigenvalue weighted by atomic mass is 16.5. The molecule has 2 bridgehead atoms. The minimum atomic E-state index is -0.454. The highest BCUT2D eigenvalue weighted by Crippen LogP contribution is 2.64. The second-order valence-corrected chi connectivity index (χ2v) is 8.95. The molecule has 1 aliphatic heterocycles. The fraction of sp³-hybridized carbons (Fsp3) is 0.296. The molecule has 0 spiro atoms. The van der Waals surface area contributed by atoms with Gasteiger partial charge in [0.05, 0.1) is 42.8 Å². The molecule has 4 aliphatic carbocycles. The zero-order valence-corrected chi connectivity index (χ0v) is 18.4. The summed E-state index contributed by atoms with van der Waals surface area (Å²) in [5, 5.41) is 7.25. The number of carbonyl (C=O) groups is 2. The number of allylic oxidation sites excluding steroid dienone is 2. The van der Waals surface area contributed by atoms with Crippen molar-refractivity contribution < 1.29 is 19.1 Å². The summed E-state index contributed by atoms with van der Waals surface area (Å²) in [7, 11) is 2.72. The number of benzene rings is 2. The summed E-state index contributed by atoms with van der Waals surface area (Å²) in [5.74, 6) is -0.851. The van der Waals surface area contributed by atoms with Crippen molar-refractivity contribution in [1.29, 1.82) is 0 Å². The van der Waals surface area contributed by atoms with E-state index in [0.29, 0.717) is 11.1 Å². The molecule has 1 saturated carbocycles. The van der Waals surface area contributed by atoms with Crippen molar-refractivity contribution in [2.75, 3.05) is 19.2 Å². The lowest BCUT2D eigenvalue weighted by molar-refractivity contribution is -0.142. The number of anilines is 1. The number of carbonyl (C=O) groups excluding carboxylic acids is 2. The maximum Gasteiger partial charge on any atom is 0.334 e. The van der Waals surface area contributed by atoms with Crippen molar-refractivity contribution in [3.63, 3.8) is 0 Å². The number of hydrogen-bond donors (Lipinski definition) is 0. The molecule has 2 aromatic carbocycles. The molecule has 6 heteroatoms. The van der Waals surface area contributed by atoms with E-state index in [1.54, 1.807) is 0 Å². The Kier molecular flexibility index (Phi) is 4.50. The smallest absolute Gasteiger partial charge is 0.334 e. The fourth-order valence-electron chi connectivity index (χ4n) is 6.43. The first-order chi connectivity index (χ1) is 16.2. The Bertz CT molecular complexity index is 1220. The van der Waals surface area contributed by atoms with Crippen molar-refractivity contribution in [3.8, 4) is 0 Å². The van der Waals surface area contributed by atoms with Crippen LogP contribution in [0.1, 0.15) is 5.56 Å². The van der Waals surface area contributed by atoms with Crippen LogP contribution in [0, 0.1) is 29.6 Å². The summed E-state index contributed by atoms with van der Waals surface area (Å²) in [5.41, 5.74) is 4.04. The van der Waals surface area contributed by atoms with Crippen molar-refractivity contribution in [3.05, 3.63) is 89.5 Å². The van der Waals surface area contributed by atoms with Gasteiger partial charge in [0.15, 0.2) is 0 Å². The van der Waals surface area contributed by atoms with Crippen LogP contribution < -0.4 is 5.01 Å². The van der Waals surface area contributed by atoms with Crippen LogP contribution in [-0.4, -0.2) is 37.9 Å². The first-order valence-electron chi connectivity index (χ1n) is 11.2. The van der Waals surface area contributed by atoms with Crippen molar-refractivity contribution in [2.24, 2.45) is 34.7 Å². The molecule has 6 nitrogen and oxygen atoms in total. The van der Waals surface area contributed by atoms with Gasteiger partial charge in [-0.25, -0.2) is 9.59 Å². The Morgan fingerprint density at radius 1 is 0.788 bits per heavy atom. The minimum Gasteiger partial charge on any atom is -0.466 e. The van der Waals surface area contributed by atoms with Crippen LogP contribution in [0.4, 0.5) is 5.69 Å². The first kappa shape index (κ1) is 20.0. The molecule has 1 fully saturated rings. The van der Waals surface area contributed by atoms with Crippen LogP contribution in [0.3, 0.4) is 0 Å². The largest absolute Gasteiger partial charge is 0.466 e. The monoisotopic (exact) mass is 440 g/mol. The number of esters is 2. The third-order valence-corrected chi connectivity index (χ3v) is 7.65. The molecule has 0 N–H and O–H groups in total. The highest BCUT2D eigenvalue weighted by Gasteiger charge is 2.67. The number of ether oxygens (including phenoxy) is 2. The van der Waals surface area contributed by atoms with Gasteiger partial charge in [0.25, 0.3) is 0 Å². The van der Waals surface area contributed by atoms with E-state index in [2.05, 4.69) is 41.4 Å². The average Bonchev–Trinajstić information content (AvgIpc) is 3.20. The van der Waals surface area contributed by atoms with Crippen molar-refractivity contribution in [1.82, 2.24) is 0 Å². The summed E-state index contributed by atoms with van der Waals surface area (Å²) in [6, 6.07) is 20.5. The summed E-state index contributed by atoms with van der Waals surface area (Å²) < 4.78 is 10.2. The van der Waals surface area contributed by atoms with Crippen LogP contribution in [0.2, 0.25) is 0 Å². The standard InChI is InChI=1S/C27H24N2O4/c1-32-26(30)21-17-13-14-18(22(21)27(31)33-2)20-19(17)23-24(15-9-5-3-6-10-15)28-29(25(20)23)16-11-7-4-8-12-16/h3-14,17-20,23,25H,1-2H3. The second-order valence-electron chi connectivity index (χ2n) is 8.95. The van der Waals surface area contributed by atoms with E-state index < -0.39 is 11.9 Å². The lowest BCUT2D eigenvalue weighted by Gasteiger charge is -2.60. The average molecular weight is 440 g/mol. The number of hydrazone groups is 1. The van der Waals surface area contributed by atoms with Gasteiger partial charge in [0.1, 0.15) is 0 Å². The lowest BCUT2D eigenvalue weighted by Crippen LogP contribution is -2.65. The van der Waals surface area contributed by atoms with Gasteiger partial charge in [-0.3, -0.25) is 5.01 Å². The zero-order chi connectivity index (χ0) is 22.7. The molecule has 5 aliphatic rings. The minimum absolute atomic E-state index is 0.101. The van der Waals surface area contributed by atoms with E-state index in [9.17, 15) is 9.59 Å². The van der Waals surface area contributed by atoms with Gasteiger partial charge in [-0.2, -0.15) is 5.10 Å². The van der Waals surface area contributed by atoms with E-state index in [4.69, 9.17) is 14.6 Å². The molecule has 2 aromatic rings. The lowest BCUT2D eigenvalue weighted by atomic mass is 9.44. The molecule has 7 rings (SSSR count). The number of hydrogen-bond acceptors (Lipinski definition) is 6. The fourth-order valence-corrected chi connectivity index (χ4v) is 6.43. The quantitative estimate of drug-likeness (QED) is 0.537. The van der Waals surface area contributed by atoms with Crippen LogP contribution in [-0.2, 0) is 19.1 Å². The normalized spacial score (nSPS) is 30.8. The summed E-state index contributed by atoms with van der Waals surface area (Å²) >= 11 is 0. The number of methoxy groups -OCH3 is 2. The van der Waals surface area contributed by atoms with Gasteiger partial charge in [0, 0.05) is 17.8 Å². The van der Waals surface area contributed by atoms with Crippen molar-refractivity contribution in [2.45, 2.75) is 6.04 Å². The Morgan fingerprint density at radius 2 is 1.33 bits per heavy atom. The SMILES string of the molecule is COC(=O)C1=C(C(=O)OC)C2C=CC1C1C3C(c4ccccc4)=NN(c4ccccc4)C3C21. The Morgan fingerprint density at radius 3 is 1.91 bits per heavy atom. The van der Waals surface area contributed by atoms with E-state index in [0.717, 1.165) is 17.0 Å². The van der Waals surface area contributed by atoms with Crippen LogP contribution >= 0.6 is 0 Å². The van der Waals surface area contributed by atoms with Crippen LogP contribution in [0.5, 0.6) is 0 Å². The summed E-state index contributed by atoms with van der Waals surface area (Å²) in [6.07, 6.45) is 4.15. The van der Waals surface area contributed by atoms with E-state index in [-0.39, 0.29) is 35.6 Å². The van der Waals surface area contributed by atoms with Gasteiger partial charge < -0.3 is 9.47 Å². The predicted octanol–water partition coefficient (Wildman–Crippen LogP) is 3.60. The van der Waals surface area contributed by atoms with E-state index >= 15 is 0 Å². The molecule has 166 valence electrons. The molecule has 0 saturated heterocycles. The van der Waals surface area contributed by atoms with E-state index in [1.807, 2.05) is 36.4 Å². The number of rotatable bonds is 4. The molecule has 0 radical (unpaired) electrons. The number of fused-ring (bicyclic) bond motifs is 1. The summed E-state index contributed by atoms with van der Waals surface area (Å²) in [6.45, 7) is 0. The molecule has 0 amide bonds. The third-order valence-electron chi connectivity index (χ3n) is 7.65. The molecule has 0 aromatic heterocycles. The van der Waals surface area contributed by atoms with Gasteiger partial charge in [-0.15, -0.1) is 0 Å². The zero-order valence-electron chi connectivity index (χ0n) is 18.4. The molecule has 33 heavy (non-hydrogen) atoms. The molecular formula is C27H24N2O4. The molecule has 6 unspecified atom stereocenters. The maximum atomic E-state index is 12.8. The first-order valence-corrected chi connectivity index (χ1v) is 11.2. The summed E-state index contributed by atoms with van der Waals surface area (Å²) in [4.78, 5) is 25.7. The molecular weight excluding hydrogens is 416 g/mol. The van der Waals surface area contributed by atoms with Gasteiger partial charge in [0.2, 0.25) is 0 Å². The molecule has 6 atom stereocenters. The van der Waals surface area contributed by atoms with Crippen LogP contribution in [0.25, 0.3) is 0 Å².